The lowest BCUT2D eigenvalue weighted by Gasteiger charge is -2.37. The van der Waals surface area contributed by atoms with Crippen LogP contribution in [-0.2, 0) is 4.79 Å². The number of carbonyl (C=O) groups excluding carboxylic acids is 2. The second-order valence-corrected chi connectivity index (χ2v) is 8.94. The van der Waals surface area contributed by atoms with Gasteiger partial charge in [0.05, 0.1) is 16.6 Å². The van der Waals surface area contributed by atoms with E-state index in [0.717, 1.165) is 31.7 Å². The van der Waals surface area contributed by atoms with Gasteiger partial charge in [0.2, 0.25) is 5.91 Å². The molecule has 10 heteroatoms. The van der Waals surface area contributed by atoms with Crippen LogP contribution in [0.3, 0.4) is 0 Å². The second-order valence-electron chi connectivity index (χ2n) is 8.94. The molecule has 0 aromatic heterocycles. The van der Waals surface area contributed by atoms with Crippen molar-refractivity contribution in [1.29, 1.82) is 5.26 Å². The molecule has 3 rings (SSSR count). The van der Waals surface area contributed by atoms with Crippen LogP contribution in [0.5, 0.6) is 0 Å². The number of hydrogen-bond acceptors (Lipinski definition) is 7. The molecule has 0 unspecified atom stereocenters. The van der Waals surface area contributed by atoms with Crippen molar-refractivity contribution in [2.45, 2.75) is 20.3 Å². The number of nitro benzene ring substituents is 1. The zero-order valence-corrected chi connectivity index (χ0v) is 21.5. The molecule has 0 spiro atoms. The number of anilines is 1. The second kappa shape index (κ2) is 13.4. The molecule has 196 valence electrons. The Labute approximate surface area is 217 Å². The zero-order valence-electron chi connectivity index (χ0n) is 21.5. The van der Waals surface area contributed by atoms with Crippen molar-refractivity contribution in [3.8, 4) is 6.07 Å². The fourth-order valence-corrected chi connectivity index (χ4v) is 4.41. The van der Waals surface area contributed by atoms with Gasteiger partial charge in [0.15, 0.2) is 0 Å². The minimum atomic E-state index is -0.423. The number of piperazine rings is 1. The summed E-state index contributed by atoms with van der Waals surface area (Å²) >= 11 is 0. The number of nitriles is 1. The molecule has 1 saturated heterocycles. The molecule has 37 heavy (non-hydrogen) atoms. The summed E-state index contributed by atoms with van der Waals surface area (Å²) in [6.07, 6.45) is 0.755. The van der Waals surface area contributed by atoms with Crippen LogP contribution >= 0.6 is 0 Å². The monoisotopic (exact) mass is 506 g/mol. The Morgan fingerprint density at radius 2 is 1.59 bits per heavy atom. The first-order valence-corrected chi connectivity index (χ1v) is 12.6. The van der Waals surface area contributed by atoms with Crippen LogP contribution in [0.25, 0.3) is 0 Å². The molecular formula is C27H34N6O4. The highest BCUT2D eigenvalue weighted by molar-refractivity contribution is 5.96. The highest BCUT2D eigenvalue weighted by Gasteiger charge is 2.25. The van der Waals surface area contributed by atoms with E-state index in [2.05, 4.69) is 29.7 Å². The van der Waals surface area contributed by atoms with Crippen LogP contribution in [0.4, 0.5) is 11.4 Å². The molecule has 2 aromatic carbocycles. The average molecular weight is 507 g/mol. The smallest absolute Gasteiger partial charge is 0.269 e. The first-order valence-electron chi connectivity index (χ1n) is 12.6. The standard InChI is InChI=1S/C27H34N6O4/c1-3-29(4-2)14-5-15-32(27(35)23-8-6-22(20-28)7-9-23)21-26(34)31-18-16-30(17-19-31)24-10-12-25(13-11-24)33(36)37/h6-13H,3-5,14-19,21H2,1-2H3. The lowest BCUT2D eigenvalue weighted by atomic mass is 10.1. The molecule has 0 N–H and O–H groups in total. The predicted molar refractivity (Wildman–Crippen MR) is 141 cm³/mol. The molecule has 0 atom stereocenters. The third kappa shape index (κ3) is 7.51. The maximum absolute atomic E-state index is 13.3. The number of hydrogen-bond donors (Lipinski definition) is 0. The van der Waals surface area contributed by atoms with Gasteiger partial charge in [-0.3, -0.25) is 19.7 Å². The fourth-order valence-electron chi connectivity index (χ4n) is 4.41. The molecule has 2 amide bonds. The highest BCUT2D eigenvalue weighted by Crippen LogP contribution is 2.21. The van der Waals surface area contributed by atoms with Crippen LogP contribution in [0.1, 0.15) is 36.2 Å². The predicted octanol–water partition coefficient (Wildman–Crippen LogP) is 2.99. The first-order chi connectivity index (χ1) is 17.9. The molecular weight excluding hydrogens is 472 g/mol. The van der Waals surface area contributed by atoms with Gasteiger partial charge in [0, 0.05) is 56.1 Å². The van der Waals surface area contributed by atoms with Gasteiger partial charge < -0.3 is 19.6 Å². The summed E-state index contributed by atoms with van der Waals surface area (Å²) in [5.41, 5.74) is 1.86. The van der Waals surface area contributed by atoms with Gasteiger partial charge in [-0.05, 0) is 62.5 Å². The molecule has 1 fully saturated rings. The molecule has 0 aliphatic carbocycles. The summed E-state index contributed by atoms with van der Waals surface area (Å²) < 4.78 is 0. The first kappa shape index (κ1) is 27.6. The van der Waals surface area contributed by atoms with Crippen LogP contribution in [0.15, 0.2) is 48.5 Å². The van der Waals surface area contributed by atoms with Crippen molar-refractivity contribution in [2.75, 3.05) is 63.8 Å². The number of rotatable bonds is 11. The van der Waals surface area contributed by atoms with Crippen molar-refractivity contribution >= 4 is 23.2 Å². The van der Waals surface area contributed by atoms with Crippen LogP contribution in [0.2, 0.25) is 0 Å². The Hall–Kier alpha value is -3.97. The van der Waals surface area contributed by atoms with Crippen molar-refractivity contribution in [3.63, 3.8) is 0 Å². The Kier molecular flexibility index (Phi) is 9.98. The van der Waals surface area contributed by atoms with E-state index in [1.807, 2.05) is 0 Å². The zero-order chi connectivity index (χ0) is 26.8. The van der Waals surface area contributed by atoms with Gasteiger partial charge in [-0.1, -0.05) is 13.8 Å². The largest absolute Gasteiger partial charge is 0.368 e. The van der Waals surface area contributed by atoms with E-state index in [0.29, 0.717) is 43.9 Å². The fraction of sp³-hybridized carbons (Fsp3) is 0.444. The quantitative estimate of drug-likeness (QED) is 0.340. The van der Waals surface area contributed by atoms with E-state index in [-0.39, 0.29) is 24.0 Å². The van der Waals surface area contributed by atoms with E-state index in [4.69, 9.17) is 5.26 Å². The summed E-state index contributed by atoms with van der Waals surface area (Å²) in [6.45, 7) is 9.58. The van der Waals surface area contributed by atoms with Crippen molar-refractivity contribution in [1.82, 2.24) is 14.7 Å². The lowest BCUT2D eigenvalue weighted by molar-refractivity contribution is -0.384. The molecule has 2 aromatic rings. The van der Waals surface area contributed by atoms with Crippen molar-refractivity contribution in [2.24, 2.45) is 0 Å². The number of benzene rings is 2. The van der Waals surface area contributed by atoms with Crippen LogP contribution < -0.4 is 4.90 Å². The van der Waals surface area contributed by atoms with Gasteiger partial charge in [-0.15, -0.1) is 0 Å². The van der Waals surface area contributed by atoms with E-state index in [9.17, 15) is 19.7 Å². The maximum Gasteiger partial charge on any atom is 0.269 e. The number of carbonyl (C=O) groups is 2. The molecule has 1 aliphatic rings. The topological polar surface area (TPSA) is 114 Å². The van der Waals surface area contributed by atoms with Crippen LogP contribution in [0, 0.1) is 21.4 Å². The summed E-state index contributed by atoms with van der Waals surface area (Å²) in [5, 5.41) is 19.9. The number of amides is 2. The SMILES string of the molecule is CCN(CC)CCCN(CC(=O)N1CCN(c2ccc([N+](=O)[O-])cc2)CC1)C(=O)c1ccc(C#N)cc1. The van der Waals surface area contributed by atoms with Gasteiger partial charge in [-0.25, -0.2) is 0 Å². The summed E-state index contributed by atoms with van der Waals surface area (Å²) in [5.74, 6) is -0.324. The highest BCUT2D eigenvalue weighted by atomic mass is 16.6. The molecule has 0 saturated carbocycles. The Bertz CT molecular complexity index is 1100. The molecule has 10 nitrogen and oxygen atoms in total. The Morgan fingerprint density at radius 1 is 0.973 bits per heavy atom. The number of nitrogens with zero attached hydrogens (tertiary/aromatic N) is 6. The third-order valence-corrected chi connectivity index (χ3v) is 6.73. The number of non-ortho nitro benzene ring substituents is 1. The van der Waals surface area contributed by atoms with Gasteiger partial charge in [0.1, 0.15) is 6.54 Å². The van der Waals surface area contributed by atoms with E-state index >= 15 is 0 Å². The molecule has 0 bridgehead atoms. The van der Waals surface area contributed by atoms with Gasteiger partial charge >= 0.3 is 0 Å². The third-order valence-electron chi connectivity index (χ3n) is 6.73. The minimum Gasteiger partial charge on any atom is -0.368 e. The number of nitro groups is 1. The lowest BCUT2D eigenvalue weighted by Crippen LogP contribution is -2.52. The molecule has 1 aliphatic heterocycles. The van der Waals surface area contributed by atoms with E-state index in [1.165, 1.54) is 12.1 Å². The van der Waals surface area contributed by atoms with Gasteiger partial charge in [-0.2, -0.15) is 5.26 Å². The van der Waals surface area contributed by atoms with Gasteiger partial charge in [0.25, 0.3) is 11.6 Å². The summed E-state index contributed by atoms with van der Waals surface area (Å²) in [7, 11) is 0. The summed E-state index contributed by atoms with van der Waals surface area (Å²) in [4.78, 5) is 44.7. The Balaban J connectivity index is 1.62. The normalized spacial score (nSPS) is 13.4. The minimum absolute atomic E-state index is 0.00534. The van der Waals surface area contributed by atoms with E-state index < -0.39 is 4.92 Å². The Morgan fingerprint density at radius 3 is 2.14 bits per heavy atom. The average Bonchev–Trinajstić information content (AvgIpc) is 2.94. The maximum atomic E-state index is 13.3. The van der Waals surface area contributed by atoms with Crippen molar-refractivity contribution in [3.05, 3.63) is 69.8 Å². The molecule has 0 radical (unpaired) electrons. The molecule has 1 heterocycles. The van der Waals surface area contributed by atoms with Crippen molar-refractivity contribution < 1.29 is 14.5 Å². The van der Waals surface area contributed by atoms with Crippen LogP contribution in [-0.4, -0.2) is 90.3 Å². The van der Waals surface area contributed by atoms with E-state index in [1.54, 1.807) is 46.2 Å². The summed E-state index contributed by atoms with van der Waals surface area (Å²) in [6, 6.07) is 15.0.